The molecule has 0 spiro atoms. The monoisotopic (exact) mass is 468 g/mol. The topological polar surface area (TPSA) is 35.5 Å². The minimum atomic E-state index is 0.0711. The molecule has 0 N–H and O–H groups in total. The van der Waals surface area contributed by atoms with E-state index in [-0.39, 0.29) is 27.9 Å². The molecule has 6 rings (SSSR count). The van der Waals surface area contributed by atoms with Gasteiger partial charge in [-0.3, -0.25) is 4.79 Å². The van der Waals surface area contributed by atoms with Crippen molar-refractivity contribution in [2.24, 2.45) is 40.4 Å². The second kappa shape index (κ2) is 8.17. The Morgan fingerprint density at radius 2 is 1.41 bits per heavy atom. The molecule has 0 heterocycles. The summed E-state index contributed by atoms with van der Waals surface area (Å²) in [6.07, 6.45) is 20.9. The van der Waals surface area contributed by atoms with Crippen LogP contribution >= 0.6 is 0 Å². The summed E-state index contributed by atoms with van der Waals surface area (Å²) in [5.74, 6) is 3.03. The number of rotatable bonds is 4. The fraction of sp³-hybridized carbons (Fsp3) is 0.903. The molecular formula is C31H48O3. The number of allylic oxidation sites excluding steroid dienone is 2. The van der Waals surface area contributed by atoms with Crippen LogP contribution in [0, 0.1) is 40.4 Å². The summed E-state index contributed by atoms with van der Waals surface area (Å²) in [6, 6.07) is 0. The molecule has 0 aromatic rings. The maximum absolute atomic E-state index is 13.9. The number of methoxy groups -OCH3 is 2. The summed E-state index contributed by atoms with van der Waals surface area (Å²) in [4.78, 5) is 13.9. The first kappa shape index (κ1) is 23.7. The van der Waals surface area contributed by atoms with Crippen LogP contribution in [0.5, 0.6) is 0 Å². The zero-order chi connectivity index (χ0) is 23.8. The van der Waals surface area contributed by atoms with Gasteiger partial charge in [-0.1, -0.05) is 45.1 Å². The standard InChI is InChI=1S/C31H48O3/c1-28-17-11-21(30(33-3)13-5-6-14-30)19-22(28)20-25(32)27-23-9-10-26(29(23,2)18-12-24(27)28)31(34-4)15-7-8-16-31/h20-21,23-24,26-27H,5-19H2,1-4H3/t21?,23-,24+,26?,27-,28-,29-/m0/s1. The van der Waals surface area contributed by atoms with Crippen molar-refractivity contribution in [3.63, 3.8) is 0 Å². The van der Waals surface area contributed by atoms with Crippen LogP contribution in [0.2, 0.25) is 0 Å². The first-order valence-corrected chi connectivity index (χ1v) is 14.7. The maximum Gasteiger partial charge on any atom is 0.159 e. The molecule has 6 aliphatic rings. The molecule has 190 valence electrons. The molecule has 3 nitrogen and oxygen atoms in total. The molecule has 5 saturated carbocycles. The lowest BCUT2D eigenvalue weighted by Gasteiger charge is -2.59. The van der Waals surface area contributed by atoms with Crippen molar-refractivity contribution < 1.29 is 14.3 Å². The third-order valence-corrected chi connectivity index (χ3v) is 13.0. The third-order valence-electron chi connectivity index (χ3n) is 13.0. The van der Waals surface area contributed by atoms with Gasteiger partial charge in [-0.05, 0) is 111 Å². The number of ether oxygens (including phenoxy) is 2. The Kier molecular flexibility index (Phi) is 5.70. The number of fused-ring (bicyclic) bond motifs is 5. The van der Waals surface area contributed by atoms with Crippen molar-refractivity contribution in [2.45, 2.75) is 121 Å². The second-order valence-electron chi connectivity index (χ2n) is 13.8. The highest BCUT2D eigenvalue weighted by Gasteiger charge is 2.64. The highest BCUT2D eigenvalue weighted by atomic mass is 16.5. The number of hydrogen-bond acceptors (Lipinski definition) is 3. The molecule has 0 aliphatic heterocycles. The van der Waals surface area contributed by atoms with E-state index in [1.807, 2.05) is 14.2 Å². The van der Waals surface area contributed by atoms with Crippen LogP contribution in [0.1, 0.15) is 110 Å². The molecule has 0 radical (unpaired) electrons. The lowest BCUT2D eigenvalue weighted by molar-refractivity contribution is -0.145. The predicted octanol–water partition coefficient (Wildman–Crippen LogP) is 7.28. The van der Waals surface area contributed by atoms with E-state index in [1.54, 1.807) is 0 Å². The fourth-order valence-corrected chi connectivity index (χ4v) is 11.1. The fourth-order valence-electron chi connectivity index (χ4n) is 11.1. The zero-order valence-corrected chi connectivity index (χ0v) is 22.3. The first-order valence-electron chi connectivity index (χ1n) is 14.7. The SMILES string of the molecule is COC1(C2CC[C@@]3(C)C(=CC(=O)[C@@H]4[C@H]3CC[C@]3(C)C(C5(OC)CCCC5)CC[C@@H]43)C2)CCCC1. The minimum absolute atomic E-state index is 0.0711. The van der Waals surface area contributed by atoms with Gasteiger partial charge in [0.05, 0.1) is 11.2 Å². The van der Waals surface area contributed by atoms with Gasteiger partial charge in [0.15, 0.2) is 5.78 Å². The van der Waals surface area contributed by atoms with E-state index in [1.165, 1.54) is 95.5 Å². The van der Waals surface area contributed by atoms with Gasteiger partial charge in [0.25, 0.3) is 0 Å². The lowest BCUT2D eigenvalue weighted by Crippen LogP contribution is -2.56. The quantitative estimate of drug-likeness (QED) is 0.435. The molecule has 0 aromatic carbocycles. The summed E-state index contributed by atoms with van der Waals surface area (Å²) < 4.78 is 12.5. The molecule has 0 saturated heterocycles. The van der Waals surface area contributed by atoms with Crippen LogP contribution in [0.3, 0.4) is 0 Å². The molecule has 6 aliphatic carbocycles. The Labute approximate surface area is 207 Å². The third kappa shape index (κ3) is 3.11. The maximum atomic E-state index is 13.9. The van der Waals surface area contributed by atoms with Crippen molar-refractivity contribution in [3.05, 3.63) is 11.6 Å². The molecular weight excluding hydrogens is 420 g/mol. The van der Waals surface area contributed by atoms with E-state index in [2.05, 4.69) is 19.9 Å². The largest absolute Gasteiger partial charge is 0.378 e. The van der Waals surface area contributed by atoms with Crippen LogP contribution in [0.4, 0.5) is 0 Å². The van der Waals surface area contributed by atoms with Gasteiger partial charge >= 0.3 is 0 Å². The van der Waals surface area contributed by atoms with Crippen molar-refractivity contribution in [1.82, 2.24) is 0 Å². The molecule has 7 atom stereocenters. The summed E-state index contributed by atoms with van der Waals surface area (Å²) in [6.45, 7) is 5.09. The first-order chi connectivity index (χ1) is 16.3. The molecule has 3 heteroatoms. The second-order valence-corrected chi connectivity index (χ2v) is 13.8. The normalized spacial score (nSPS) is 47.1. The Bertz CT molecular complexity index is 847. The van der Waals surface area contributed by atoms with Gasteiger partial charge < -0.3 is 9.47 Å². The van der Waals surface area contributed by atoms with E-state index in [4.69, 9.17) is 9.47 Å². The van der Waals surface area contributed by atoms with Gasteiger partial charge in [-0.2, -0.15) is 0 Å². The van der Waals surface area contributed by atoms with Crippen molar-refractivity contribution in [1.29, 1.82) is 0 Å². The van der Waals surface area contributed by atoms with Crippen LogP contribution in [0.25, 0.3) is 0 Å². The van der Waals surface area contributed by atoms with E-state index in [0.29, 0.717) is 29.5 Å². The Morgan fingerprint density at radius 3 is 2.06 bits per heavy atom. The Morgan fingerprint density at radius 1 is 0.765 bits per heavy atom. The number of carbonyl (C=O) groups excluding carboxylic acids is 1. The van der Waals surface area contributed by atoms with Crippen LogP contribution < -0.4 is 0 Å². The van der Waals surface area contributed by atoms with Gasteiger partial charge in [0.1, 0.15) is 0 Å². The molecule has 0 aromatic heterocycles. The van der Waals surface area contributed by atoms with Crippen molar-refractivity contribution >= 4 is 5.78 Å². The molecule has 0 amide bonds. The van der Waals surface area contributed by atoms with Gasteiger partial charge in [-0.15, -0.1) is 0 Å². The van der Waals surface area contributed by atoms with E-state index < -0.39 is 0 Å². The smallest absolute Gasteiger partial charge is 0.159 e. The number of ketones is 1. The summed E-state index contributed by atoms with van der Waals surface area (Å²) in [5.41, 5.74) is 2.11. The molecule has 0 bridgehead atoms. The van der Waals surface area contributed by atoms with Crippen LogP contribution in [-0.2, 0) is 14.3 Å². The highest BCUT2D eigenvalue weighted by molar-refractivity contribution is 5.94. The van der Waals surface area contributed by atoms with E-state index in [9.17, 15) is 4.79 Å². The summed E-state index contributed by atoms with van der Waals surface area (Å²) in [7, 11) is 3.90. The highest BCUT2D eigenvalue weighted by Crippen LogP contribution is 2.69. The zero-order valence-electron chi connectivity index (χ0n) is 22.3. The Balaban J connectivity index is 1.29. The minimum Gasteiger partial charge on any atom is -0.378 e. The van der Waals surface area contributed by atoms with Crippen molar-refractivity contribution in [2.75, 3.05) is 14.2 Å². The average Bonchev–Trinajstić information content (AvgIpc) is 3.58. The van der Waals surface area contributed by atoms with E-state index in [0.717, 1.165) is 6.42 Å². The molecule has 34 heavy (non-hydrogen) atoms. The van der Waals surface area contributed by atoms with E-state index >= 15 is 0 Å². The number of carbonyl (C=O) groups is 1. The summed E-state index contributed by atoms with van der Waals surface area (Å²) in [5, 5.41) is 0. The Hall–Kier alpha value is -0.670. The van der Waals surface area contributed by atoms with Gasteiger partial charge in [0, 0.05) is 20.1 Å². The van der Waals surface area contributed by atoms with Crippen LogP contribution in [-0.4, -0.2) is 31.2 Å². The molecule has 5 fully saturated rings. The average molecular weight is 469 g/mol. The van der Waals surface area contributed by atoms with Gasteiger partial charge in [0.2, 0.25) is 0 Å². The lowest BCUT2D eigenvalue weighted by atomic mass is 9.45. The molecule has 2 unspecified atom stereocenters. The summed E-state index contributed by atoms with van der Waals surface area (Å²) >= 11 is 0. The van der Waals surface area contributed by atoms with Crippen LogP contribution in [0.15, 0.2) is 11.6 Å². The van der Waals surface area contributed by atoms with Gasteiger partial charge in [-0.25, -0.2) is 0 Å². The van der Waals surface area contributed by atoms with Crippen molar-refractivity contribution in [3.8, 4) is 0 Å². The number of hydrogen-bond donors (Lipinski definition) is 0. The predicted molar refractivity (Wildman–Crippen MR) is 135 cm³/mol.